The van der Waals surface area contributed by atoms with E-state index in [4.69, 9.17) is 0 Å². The summed E-state index contributed by atoms with van der Waals surface area (Å²) >= 11 is 1.64. The van der Waals surface area contributed by atoms with Gasteiger partial charge in [-0.1, -0.05) is 18.2 Å². The number of hydrogen-bond acceptors (Lipinski definition) is 3. The number of Topliss-reactive ketones (excluding diaryl/α,β-unsaturated/α-hetero) is 1. The molecule has 0 fully saturated rings. The number of carbonyl (C=O) groups is 1. The molecule has 3 heteroatoms. The van der Waals surface area contributed by atoms with Crippen molar-refractivity contribution in [3.8, 4) is 0 Å². The minimum absolute atomic E-state index is 0.0878. The Labute approximate surface area is 94.8 Å². The molecule has 0 heterocycles. The summed E-state index contributed by atoms with van der Waals surface area (Å²) in [5, 5.41) is 4.32. The maximum absolute atomic E-state index is 11.2. The highest BCUT2D eigenvalue weighted by Gasteiger charge is 2.00. The van der Waals surface area contributed by atoms with Gasteiger partial charge in [0.15, 0.2) is 5.78 Å². The lowest BCUT2D eigenvalue weighted by molar-refractivity contribution is 0.101. The van der Waals surface area contributed by atoms with Gasteiger partial charge in [0.25, 0.3) is 0 Å². The van der Waals surface area contributed by atoms with Gasteiger partial charge in [0.1, 0.15) is 0 Å². The molecule has 0 amide bonds. The van der Waals surface area contributed by atoms with Crippen molar-refractivity contribution in [2.45, 2.75) is 13.8 Å². The van der Waals surface area contributed by atoms with E-state index in [-0.39, 0.29) is 5.78 Å². The third kappa shape index (κ3) is 3.44. The molecule has 0 saturated heterocycles. The van der Waals surface area contributed by atoms with E-state index in [0.29, 0.717) is 0 Å². The lowest BCUT2D eigenvalue weighted by Gasteiger charge is -2.08. The van der Waals surface area contributed by atoms with Crippen LogP contribution in [0.25, 0.3) is 0 Å². The number of ketones is 1. The van der Waals surface area contributed by atoms with E-state index in [9.17, 15) is 4.79 Å². The zero-order chi connectivity index (χ0) is 11.3. The predicted molar refractivity (Wildman–Crippen MR) is 67.3 cm³/mol. The first-order chi connectivity index (χ1) is 7.17. The second-order valence-corrected chi connectivity index (χ2v) is 3.97. The minimum Gasteiger partial charge on any atom is -0.351 e. The Morgan fingerprint density at radius 3 is 2.73 bits per heavy atom. The van der Waals surface area contributed by atoms with Gasteiger partial charge in [-0.25, -0.2) is 0 Å². The molecule has 1 rings (SSSR count). The first-order valence-corrected chi connectivity index (χ1v) is 5.98. The van der Waals surface area contributed by atoms with Crippen LogP contribution < -0.4 is 5.32 Å². The van der Waals surface area contributed by atoms with Crippen molar-refractivity contribution in [2.24, 2.45) is 0 Å². The predicted octanol–water partition coefficient (Wildman–Crippen LogP) is 3.53. The van der Waals surface area contributed by atoms with Crippen molar-refractivity contribution >= 4 is 23.2 Å². The largest absolute Gasteiger partial charge is 0.351 e. The SMILES string of the molecule is C/C=C(/Nc1cccc(C(C)=O)c1)SC. The molecule has 1 aromatic carbocycles. The monoisotopic (exact) mass is 221 g/mol. The Kier molecular flexibility index (Phi) is 4.43. The maximum atomic E-state index is 11.2. The fourth-order valence-electron chi connectivity index (χ4n) is 1.20. The summed E-state index contributed by atoms with van der Waals surface area (Å²) in [6, 6.07) is 7.52. The first kappa shape index (κ1) is 11.9. The van der Waals surface area contributed by atoms with E-state index in [0.717, 1.165) is 16.3 Å². The molecule has 0 unspecified atom stereocenters. The number of hydrogen-bond donors (Lipinski definition) is 1. The first-order valence-electron chi connectivity index (χ1n) is 4.75. The standard InChI is InChI=1S/C12H15NOS/c1-4-12(15-3)13-11-7-5-6-10(8-11)9(2)14/h4-8,13H,1-3H3/b12-4-. The molecular formula is C12H15NOS. The van der Waals surface area contributed by atoms with Crippen LogP contribution in [0.5, 0.6) is 0 Å². The molecule has 0 spiro atoms. The van der Waals surface area contributed by atoms with Crippen LogP contribution in [-0.4, -0.2) is 12.0 Å². The molecule has 2 nitrogen and oxygen atoms in total. The highest BCUT2D eigenvalue weighted by atomic mass is 32.2. The van der Waals surface area contributed by atoms with Crippen molar-refractivity contribution in [3.63, 3.8) is 0 Å². The van der Waals surface area contributed by atoms with Gasteiger partial charge in [-0.05, 0) is 32.2 Å². The fourth-order valence-corrected chi connectivity index (χ4v) is 1.65. The Morgan fingerprint density at radius 1 is 1.47 bits per heavy atom. The topological polar surface area (TPSA) is 29.1 Å². The van der Waals surface area contributed by atoms with Crippen LogP contribution in [0.15, 0.2) is 35.4 Å². The molecule has 0 atom stereocenters. The molecule has 0 aliphatic rings. The third-order valence-electron chi connectivity index (χ3n) is 2.02. The quantitative estimate of drug-likeness (QED) is 0.789. The van der Waals surface area contributed by atoms with Gasteiger partial charge in [-0.2, -0.15) is 0 Å². The number of nitrogens with one attached hydrogen (secondary N) is 1. The van der Waals surface area contributed by atoms with Gasteiger partial charge in [-0.15, -0.1) is 11.8 Å². The molecular weight excluding hydrogens is 206 g/mol. The fraction of sp³-hybridized carbons (Fsp3) is 0.250. The molecule has 0 bridgehead atoms. The highest BCUT2D eigenvalue weighted by Crippen LogP contribution is 2.18. The van der Waals surface area contributed by atoms with E-state index in [2.05, 4.69) is 5.32 Å². The molecule has 80 valence electrons. The smallest absolute Gasteiger partial charge is 0.159 e. The Morgan fingerprint density at radius 2 is 2.20 bits per heavy atom. The molecule has 0 aliphatic carbocycles. The highest BCUT2D eigenvalue weighted by molar-refractivity contribution is 8.02. The summed E-state index contributed by atoms with van der Waals surface area (Å²) in [5.74, 6) is 0.0878. The minimum atomic E-state index is 0.0878. The van der Waals surface area contributed by atoms with Crippen LogP contribution in [0.4, 0.5) is 5.69 Å². The molecule has 1 N–H and O–H groups in total. The Hall–Kier alpha value is -1.22. The molecule has 15 heavy (non-hydrogen) atoms. The van der Waals surface area contributed by atoms with Gasteiger partial charge >= 0.3 is 0 Å². The van der Waals surface area contributed by atoms with Gasteiger partial charge in [0.2, 0.25) is 0 Å². The van der Waals surface area contributed by atoms with Crippen LogP contribution in [0.2, 0.25) is 0 Å². The normalized spacial score (nSPS) is 11.3. The van der Waals surface area contributed by atoms with E-state index < -0.39 is 0 Å². The van der Waals surface area contributed by atoms with Crippen molar-refractivity contribution in [1.29, 1.82) is 0 Å². The summed E-state index contributed by atoms with van der Waals surface area (Å²) in [7, 11) is 0. The van der Waals surface area contributed by atoms with Gasteiger partial charge < -0.3 is 5.32 Å². The van der Waals surface area contributed by atoms with Crippen molar-refractivity contribution in [3.05, 3.63) is 40.9 Å². The van der Waals surface area contributed by atoms with Crippen LogP contribution >= 0.6 is 11.8 Å². The lowest BCUT2D eigenvalue weighted by atomic mass is 10.1. The number of benzene rings is 1. The van der Waals surface area contributed by atoms with Crippen LogP contribution in [0.1, 0.15) is 24.2 Å². The van der Waals surface area contributed by atoms with E-state index in [1.54, 1.807) is 18.7 Å². The number of rotatable bonds is 4. The summed E-state index contributed by atoms with van der Waals surface area (Å²) in [5.41, 5.74) is 1.68. The number of carbonyl (C=O) groups excluding carboxylic acids is 1. The second-order valence-electron chi connectivity index (χ2n) is 3.12. The average molecular weight is 221 g/mol. The zero-order valence-corrected chi connectivity index (χ0v) is 10.0. The van der Waals surface area contributed by atoms with Crippen LogP contribution in [0.3, 0.4) is 0 Å². The van der Waals surface area contributed by atoms with E-state index in [1.165, 1.54) is 0 Å². The summed E-state index contributed by atoms with van der Waals surface area (Å²) < 4.78 is 0. The van der Waals surface area contributed by atoms with Crippen molar-refractivity contribution in [1.82, 2.24) is 0 Å². The van der Waals surface area contributed by atoms with Crippen molar-refractivity contribution < 1.29 is 4.79 Å². The number of thioether (sulfide) groups is 1. The van der Waals surface area contributed by atoms with Crippen LogP contribution in [0, 0.1) is 0 Å². The van der Waals surface area contributed by atoms with E-state index in [1.807, 2.05) is 43.5 Å². The summed E-state index contributed by atoms with van der Waals surface area (Å²) in [4.78, 5) is 11.2. The number of anilines is 1. The molecule has 0 aliphatic heterocycles. The summed E-state index contributed by atoms with van der Waals surface area (Å²) in [6.07, 6.45) is 4.02. The molecule has 0 aromatic heterocycles. The zero-order valence-electron chi connectivity index (χ0n) is 9.20. The Bertz CT molecular complexity index is 385. The van der Waals surface area contributed by atoms with Gasteiger partial charge in [0, 0.05) is 11.3 Å². The molecule has 0 saturated carbocycles. The third-order valence-corrected chi connectivity index (χ3v) is 2.80. The van der Waals surface area contributed by atoms with E-state index >= 15 is 0 Å². The van der Waals surface area contributed by atoms with Gasteiger partial charge in [-0.3, -0.25) is 4.79 Å². The molecule has 0 radical (unpaired) electrons. The number of allylic oxidation sites excluding steroid dienone is 1. The molecule has 1 aromatic rings. The average Bonchev–Trinajstić information content (AvgIpc) is 2.26. The lowest BCUT2D eigenvalue weighted by Crippen LogP contribution is -1.97. The van der Waals surface area contributed by atoms with Crippen LogP contribution in [-0.2, 0) is 0 Å². The van der Waals surface area contributed by atoms with Crippen molar-refractivity contribution in [2.75, 3.05) is 11.6 Å². The van der Waals surface area contributed by atoms with Gasteiger partial charge in [0.05, 0.1) is 5.03 Å². The Balaban J connectivity index is 2.87. The second kappa shape index (κ2) is 5.61. The maximum Gasteiger partial charge on any atom is 0.159 e. The summed E-state index contributed by atoms with van der Waals surface area (Å²) in [6.45, 7) is 3.55.